The van der Waals surface area contributed by atoms with E-state index in [2.05, 4.69) is 26.2 Å². The summed E-state index contributed by atoms with van der Waals surface area (Å²) in [5.41, 5.74) is 1.23. The Morgan fingerprint density at radius 1 is 1.17 bits per heavy atom. The van der Waals surface area contributed by atoms with Crippen molar-refractivity contribution in [2.24, 2.45) is 11.8 Å². The summed E-state index contributed by atoms with van der Waals surface area (Å²) in [6.07, 6.45) is 5.98. The maximum absolute atomic E-state index is 12.5. The van der Waals surface area contributed by atoms with Crippen LogP contribution in [0.25, 0.3) is 10.9 Å². The standard InChI is InChI=1S/C17H15BrN2O3/c18-13-7-8-14(15-12(13)6-3-9-19-15)20-16(21)10-4-1-2-5-11(10)17(22)23/h1-3,6-11H,4-5H2,(H,20,21)(H,22,23)/p-1. The topological polar surface area (TPSA) is 82.1 Å². The van der Waals surface area contributed by atoms with E-state index in [9.17, 15) is 14.7 Å². The van der Waals surface area contributed by atoms with Gasteiger partial charge in [0.25, 0.3) is 0 Å². The van der Waals surface area contributed by atoms with Crippen LogP contribution in [0.3, 0.4) is 0 Å². The molecule has 0 spiro atoms. The zero-order valence-corrected chi connectivity index (χ0v) is 13.7. The number of carboxylic acid groups (broad SMARTS) is 1. The number of anilines is 1. The van der Waals surface area contributed by atoms with Crippen molar-refractivity contribution in [3.63, 3.8) is 0 Å². The number of pyridine rings is 1. The number of fused-ring (bicyclic) bond motifs is 1. The maximum atomic E-state index is 12.5. The third-order valence-corrected chi connectivity index (χ3v) is 4.74. The first-order valence-corrected chi connectivity index (χ1v) is 8.07. The molecule has 23 heavy (non-hydrogen) atoms. The molecule has 1 aromatic heterocycles. The molecule has 2 atom stereocenters. The van der Waals surface area contributed by atoms with Crippen molar-refractivity contribution in [1.82, 2.24) is 4.98 Å². The minimum absolute atomic E-state index is 0.319. The highest BCUT2D eigenvalue weighted by Gasteiger charge is 2.30. The minimum atomic E-state index is -1.19. The highest BCUT2D eigenvalue weighted by Crippen LogP contribution is 2.31. The number of aromatic nitrogens is 1. The average molecular weight is 374 g/mol. The van der Waals surface area contributed by atoms with Crippen LogP contribution < -0.4 is 10.4 Å². The molecule has 1 N–H and O–H groups in total. The van der Waals surface area contributed by atoms with Gasteiger partial charge < -0.3 is 15.2 Å². The summed E-state index contributed by atoms with van der Waals surface area (Å²) in [5.74, 6) is -2.94. The first-order valence-electron chi connectivity index (χ1n) is 7.28. The average Bonchev–Trinajstić information content (AvgIpc) is 2.57. The summed E-state index contributed by atoms with van der Waals surface area (Å²) < 4.78 is 0.881. The van der Waals surface area contributed by atoms with Gasteiger partial charge in [0.1, 0.15) is 0 Å². The van der Waals surface area contributed by atoms with Gasteiger partial charge >= 0.3 is 0 Å². The molecule has 0 aliphatic heterocycles. The van der Waals surface area contributed by atoms with Gasteiger partial charge in [-0.2, -0.15) is 0 Å². The largest absolute Gasteiger partial charge is 0.550 e. The van der Waals surface area contributed by atoms with E-state index in [-0.39, 0.29) is 5.91 Å². The number of halogens is 1. The molecule has 0 saturated carbocycles. The van der Waals surface area contributed by atoms with Crippen molar-refractivity contribution >= 4 is 44.4 Å². The fraction of sp³-hybridized carbons (Fsp3) is 0.235. The molecule has 118 valence electrons. The number of carbonyl (C=O) groups is 2. The van der Waals surface area contributed by atoms with Crippen molar-refractivity contribution < 1.29 is 14.7 Å². The summed E-state index contributed by atoms with van der Waals surface area (Å²) in [5, 5.41) is 14.9. The van der Waals surface area contributed by atoms with Gasteiger partial charge in [-0.25, -0.2) is 0 Å². The van der Waals surface area contributed by atoms with Crippen LogP contribution in [-0.4, -0.2) is 16.9 Å². The third-order valence-electron chi connectivity index (χ3n) is 4.05. The van der Waals surface area contributed by atoms with Gasteiger partial charge in [-0.05, 0) is 31.0 Å². The molecule has 1 aliphatic carbocycles. The Bertz CT molecular complexity index is 804. The molecule has 0 radical (unpaired) electrons. The predicted octanol–water partition coefficient (Wildman–Crippen LogP) is 2.27. The normalized spacial score (nSPS) is 20.4. The van der Waals surface area contributed by atoms with Crippen LogP contribution in [0.4, 0.5) is 5.69 Å². The molecule has 5 nitrogen and oxygen atoms in total. The number of carbonyl (C=O) groups excluding carboxylic acids is 2. The number of hydrogen-bond donors (Lipinski definition) is 1. The van der Waals surface area contributed by atoms with Crippen molar-refractivity contribution in [2.45, 2.75) is 12.8 Å². The van der Waals surface area contributed by atoms with Gasteiger partial charge in [-0.1, -0.05) is 34.1 Å². The summed E-state index contributed by atoms with van der Waals surface area (Å²) in [6, 6.07) is 7.30. The zero-order chi connectivity index (χ0) is 16.4. The number of amides is 1. The van der Waals surface area contributed by atoms with Crippen molar-refractivity contribution in [3.8, 4) is 0 Å². The van der Waals surface area contributed by atoms with Gasteiger partial charge in [0.15, 0.2) is 0 Å². The Labute approximate surface area is 141 Å². The van der Waals surface area contributed by atoms with E-state index < -0.39 is 17.8 Å². The lowest BCUT2D eigenvalue weighted by Crippen LogP contribution is -2.41. The van der Waals surface area contributed by atoms with E-state index in [1.807, 2.05) is 24.3 Å². The summed E-state index contributed by atoms with van der Waals surface area (Å²) >= 11 is 3.45. The first-order chi connectivity index (χ1) is 11.1. The van der Waals surface area contributed by atoms with Gasteiger partial charge in [-0.15, -0.1) is 0 Å². The van der Waals surface area contributed by atoms with Crippen LogP contribution >= 0.6 is 15.9 Å². The fourth-order valence-corrected chi connectivity index (χ4v) is 3.28. The minimum Gasteiger partial charge on any atom is -0.550 e. The molecule has 0 fully saturated rings. The van der Waals surface area contributed by atoms with Crippen molar-refractivity contribution in [3.05, 3.63) is 47.1 Å². The van der Waals surface area contributed by atoms with E-state index in [1.54, 1.807) is 18.3 Å². The van der Waals surface area contributed by atoms with Gasteiger partial charge in [0.2, 0.25) is 5.91 Å². The number of nitrogens with one attached hydrogen (secondary N) is 1. The Hall–Kier alpha value is -2.21. The molecule has 1 aromatic carbocycles. The number of hydrogen-bond acceptors (Lipinski definition) is 4. The Morgan fingerprint density at radius 3 is 2.65 bits per heavy atom. The van der Waals surface area contributed by atoms with Crippen LogP contribution in [0.2, 0.25) is 0 Å². The van der Waals surface area contributed by atoms with E-state index >= 15 is 0 Å². The highest BCUT2D eigenvalue weighted by atomic mass is 79.9. The molecule has 0 bridgehead atoms. The monoisotopic (exact) mass is 373 g/mol. The lowest BCUT2D eigenvalue weighted by atomic mass is 9.82. The second-order valence-corrected chi connectivity index (χ2v) is 6.31. The van der Waals surface area contributed by atoms with Gasteiger partial charge in [-0.3, -0.25) is 9.78 Å². The van der Waals surface area contributed by atoms with E-state index in [4.69, 9.17) is 0 Å². The van der Waals surface area contributed by atoms with Gasteiger partial charge in [0, 0.05) is 27.9 Å². The Balaban J connectivity index is 1.90. The smallest absolute Gasteiger partial charge is 0.228 e. The number of rotatable bonds is 3. The van der Waals surface area contributed by atoms with E-state index in [0.717, 1.165) is 9.86 Å². The molecule has 6 heteroatoms. The number of carboxylic acids is 1. The molecule has 3 rings (SSSR count). The molecule has 0 saturated heterocycles. The summed E-state index contributed by atoms with van der Waals surface area (Å²) in [4.78, 5) is 28.1. The van der Waals surface area contributed by atoms with E-state index in [0.29, 0.717) is 24.0 Å². The van der Waals surface area contributed by atoms with E-state index in [1.165, 1.54) is 0 Å². The third kappa shape index (κ3) is 3.12. The zero-order valence-electron chi connectivity index (χ0n) is 12.2. The summed E-state index contributed by atoms with van der Waals surface area (Å²) in [6.45, 7) is 0. The summed E-state index contributed by atoms with van der Waals surface area (Å²) in [7, 11) is 0. The predicted molar refractivity (Wildman–Crippen MR) is 88.4 cm³/mol. The molecule has 1 aliphatic rings. The first kappa shape index (κ1) is 15.7. The molecule has 1 heterocycles. The van der Waals surface area contributed by atoms with Crippen LogP contribution in [0, 0.1) is 11.8 Å². The Kier molecular flexibility index (Phi) is 4.43. The second kappa shape index (κ2) is 6.50. The SMILES string of the molecule is O=C([O-])C1CC=CCC1C(=O)Nc1ccc(Br)c2cccnc12. The highest BCUT2D eigenvalue weighted by molar-refractivity contribution is 9.10. The van der Waals surface area contributed by atoms with Crippen molar-refractivity contribution in [1.29, 1.82) is 0 Å². The van der Waals surface area contributed by atoms with Crippen LogP contribution in [-0.2, 0) is 9.59 Å². The lowest BCUT2D eigenvalue weighted by Gasteiger charge is -2.28. The van der Waals surface area contributed by atoms with Crippen LogP contribution in [0.1, 0.15) is 12.8 Å². The fourth-order valence-electron chi connectivity index (χ4n) is 2.83. The molecule has 2 aromatic rings. The second-order valence-electron chi connectivity index (χ2n) is 5.46. The number of nitrogens with zero attached hydrogens (tertiary/aromatic N) is 1. The molecule has 1 amide bonds. The molecule has 2 unspecified atom stereocenters. The van der Waals surface area contributed by atoms with Crippen LogP contribution in [0.5, 0.6) is 0 Å². The maximum Gasteiger partial charge on any atom is 0.228 e. The molecular weight excluding hydrogens is 360 g/mol. The quantitative estimate of drug-likeness (QED) is 0.836. The Morgan fingerprint density at radius 2 is 1.91 bits per heavy atom. The number of benzene rings is 1. The number of allylic oxidation sites excluding steroid dienone is 2. The molecular formula is C17H14BrN2O3-. The van der Waals surface area contributed by atoms with Gasteiger partial charge in [0.05, 0.1) is 17.1 Å². The lowest BCUT2D eigenvalue weighted by molar-refractivity contribution is -0.313. The number of aliphatic carboxylic acids is 1. The van der Waals surface area contributed by atoms with Crippen LogP contribution in [0.15, 0.2) is 47.1 Å². The van der Waals surface area contributed by atoms with Crippen molar-refractivity contribution in [2.75, 3.05) is 5.32 Å².